The average Bonchev–Trinajstić information content (AvgIpc) is 2.40. The summed E-state index contributed by atoms with van der Waals surface area (Å²) in [4.78, 5) is 22.3. The van der Waals surface area contributed by atoms with E-state index in [1.807, 2.05) is 0 Å². The molecule has 1 unspecified atom stereocenters. The number of ether oxygens (including phenoxy) is 1. The molecule has 0 saturated carbocycles. The smallest absolute Gasteiger partial charge is 0.471 e. The molecule has 1 aromatic carbocycles. The van der Waals surface area contributed by atoms with Crippen LogP contribution in [0, 0.1) is 0 Å². The summed E-state index contributed by atoms with van der Waals surface area (Å²) < 4.78 is 40.9. The molecule has 0 saturated heterocycles. The molecule has 0 heterocycles. The Morgan fingerprint density at radius 1 is 1.29 bits per heavy atom. The largest absolute Gasteiger partial charge is 0.504 e. The molecule has 116 valence electrons. The Labute approximate surface area is 117 Å². The van der Waals surface area contributed by atoms with E-state index in [1.54, 1.807) is 0 Å². The van der Waals surface area contributed by atoms with Crippen LogP contribution >= 0.6 is 0 Å². The number of carbonyl (C=O) groups excluding carboxylic acids is 2. The number of alkyl halides is 3. The van der Waals surface area contributed by atoms with E-state index in [2.05, 4.69) is 4.74 Å². The van der Waals surface area contributed by atoms with Crippen LogP contribution in [-0.4, -0.2) is 41.4 Å². The van der Waals surface area contributed by atoms with Crippen molar-refractivity contribution in [1.29, 1.82) is 0 Å². The van der Waals surface area contributed by atoms with Gasteiger partial charge in [-0.05, 0) is 17.7 Å². The molecular weight excluding hydrogens is 295 g/mol. The van der Waals surface area contributed by atoms with Gasteiger partial charge in [0.05, 0.1) is 7.11 Å². The van der Waals surface area contributed by atoms with Crippen LogP contribution in [0.3, 0.4) is 0 Å². The summed E-state index contributed by atoms with van der Waals surface area (Å²) in [5.74, 6) is -4.27. The lowest BCUT2D eigenvalue weighted by Crippen LogP contribution is -2.48. The Balaban J connectivity index is 2.91. The van der Waals surface area contributed by atoms with Crippen molar-refractivity contribution in [1.82, 2.24) is 5.32 Å². The molecule has 0 fully saturated rings. The molecule has 9 heteroatoms. The highest BCUT2D eigenvalue weighted by Gasteiger charge is 2.41. The van der Waals surface area contributed by atoms with E-state index in [0.717, 1.165) is 19.2 Å². The molecule has 1 rings (SSSR count). The van der Waals surface area contributed by atoms with Crippen LogP contribution in [0.2, 0.25) is 0 Å². The fourth-order valence-corrected chi connectivity index (χ4v) is 1.51. The van der Waals surface area contributed by atoms with Crippen LogP contribution in [0.4, 0.5) is 13.2 Å². The van der Waals surface area contributed by atoms with Gasteiger partial charge < -0.3 is 20.3 Å². The van der Waals surface area contributed by atoms with Gasteiger partial charge in [0, 0.05) is 6.42 Å². The lowest BCUT2D eigenvalue weighted by molar-refractivity contribution is -0.175. The molecule has 0 bridgehead atoms. The maximum atomic E-state index is 12.2. The number of methoxy groups -OCH3 is 1. The molecule has 1 aromatic rings. The van der Waals surface area contributed by atoms with Crippen molar-refractivity contribution >= 4 is 11.9 Å². The van der Waals surface area contributed by atoms with Crippen LogP contribution in [0.25, 0.3) is 0 Å². The Kier molecular flexibility index (Phi) is 5.01. The zero-order valence-corrected chi connectivity index (χ0v) is 10.8. The number of hydrogen-bond donors (Lipinski definition) is 3. The van der Waals surface area contributed by atoms with E-state index in [4.69, 9.17) is 5.11 Å². The van der Waals surface area contributed by atoms with E-state index in [0.29, 0.717) is 0 Å². The van der Waals surface area contributed by atoms with Crippen molar-refractivity contribution in [3.05, 3.63) is 23.8 Å². The number of phenolic OH excluding ortho intramolecular Hbond substituents is 2. The number of benzene rings is 1. The third-order valence-corrected chi connectivity index (χ3v) is 2.53. The lowest BCUT2D eigenvalue weighted by Gasteiger charge is -2.17. The van der Waals surface area contributed by atoms with Crippen molar-refractivity contribution < 1.29 is 37.7 Å². The molecule has 6 nitrogen and oxygen atoms in total. The monoisotopic (exact) mass is 307 g/mol. The van der Waals surface area contributed by atoms with Crippen LogP contribution < -0.4 is 5.32 Å². The van der Waals surface area contributed by atoms with Gasteiger partial charge in [-0.2, -0.15) is 13.2 Å². The van der Waals surface area contributed by atoms with E-state index in [1.165, 1.54) is 11.4 Å². The second-order valence-electron chi connectivity index (χ2n) is 4.07. The van der Waals surface area contributed by atoms with Gasteiger partial charge in [0.15, 0.2) is 11.5 Å². The van der Waals surface area contributed by atoms with E-state index in [-0.39, 0.29) is 12.0 Å². The highest BCUT2D eigenvalue weighted by molar-refractivity contribution is 5.87. The van der Waals surface area contributed by atoms with Gasteiger partial charge in [-0.3, -0.25) is 4.79 Å². The number of aromatic hydroxyl groups is 2. The molecule has 21 heavy (non-hydrogen) atoms. The molecule has 1 atom stereocenters. The standard InChI is InChI=1S/C12H12F3NO5/c1-21-10(19)7(16-11(20)12(13,14)15)4-6-2-3-8(17)9(18)5-6/h2-3,5,7,17-18H,4H2,1H3,(H,16,20). The number of carbonyl (C=O) groups is 2. The third kappa shape index (κ3) is 4.55. The second-order valence-corrected chi connectivity index (χ2v) is 4.07. The van der Waals surface area contributed by atoms with Crippen LogP contribution in [0.1, 0.15) is 5.56 Å². The predicted octanol–water partition coefficient (Wildman–Crippen LogP) is 0.860. The highest BCUT2D eigenvalue weighted by atomic mass is 19.4. The summed E-state index contributed by atoms with van der Waals surface area (Å²) in [7, 11) is 0.962. The van der Waals surface area contributed by atoms with Crippen LogP contribution in [-0.2, 0) is 20.7 Å². The van der Waals surface area contributed by atoms with Crippen molar-refractivity contribution in [2.75, 3.05) is 7.11 Å². The predicted molar refractivity (Wildman–Crippen MR) is 63.5 cm³/mol. The number of hydrogen-bond acceptors (Lipinski definition) is 5. The van der Waals surface area contributed by atoms with Gasteiger partial charge in [0.2, 0.25) is 0 Å². The first kappa shape index (κ1) is 16.6. The van der Waals surface area contributed by atoms with Gasteiger partial charge in [-0.15, -0.1) is 0 Å². The Hall–Kier alpha value is -2.45. The Morgan fingerprint density at radius 2 is 1.90 bits per heavy atom. The molecule has 1 amide bonds. The minimum atomic E-state index is -5.14. The summed E-state index contributed by atoms with van der Waals surface area (Å²) in [6.07, 6.45) is -5.48. The molecular formula is C12H12F3NO5. The minimum Gasteiger partial charge on any atom is -0.504 e. The quantitative estimate of drug-likeness (QED) is 0.566. The van der Waals surface area contributed by atoms with E-state index < -0.39 is 35.6 Å². The normalized spacial score (nSPS) is 12.6. The zero-order chi connectivity index (χ0) is 16.2. The van der Waals surface area contributed by atoms with Gasteiger partial charge >= 0.3 is 18.1 Å². The second kappa shape index (κ2) is 6.33. The lowest BCUT2D eigenvalue weighted by atomic mass is 10.1. The number of phenols is 2. The molecule has 0 spiro atoms. The summed E-state index contributed by atoms with van der Waals surface area (Å²) in [6.45, 7) is 0. The molecule has 3 N–H and O–H groups in total. The maximum absolute atomic E-state index is 12.2. The van der Waals surface area contributed by atoms with Gasteiger partial charge in [0.1, 0.15) is 6.04 Å². The fourth-order valence-electron chi connectivity index (χ4n) is 1.51. The zero-order valence-electron chi connectivity index (χ0n) is 10.8. The first-order valence-electron chi connectivity index (χ1n) is 5.61. The van der Waals surface area contributed by atoms with E-state index in [9.17, 15) is 27.9 Å². The van der Waals surface area contributed by atoms with Crippen molar-refractivity contribution in [2.45, 2.75) is 18.6 Å². The fraction of sp³-hybridized carbons (Fsp3) is 0.333. The summed E-state index contributed by atoms with van der Waals surface area (Å²) >= 11 is 0. The van der Waals surface area contributed by atoms with Crippen molar-refractivity contribution in [2.24, 2.45) is 0 Å². The number of rotatable bonds is 4. The number of nitrogens with one attached hydrogen (secondary N) is 1. The molecule has 0 aliphatic carbocycles. The van der Waals surface area contributed by atoms with E-state index >= 15 is 0 Å². The van der Waals surface area contributed by atoms with Crippen molar-refractivity contribution in [3.63, 3.8) is 0 Å². The topological polar surface area (TPSA) is 95.9 Å². The molecule has 0 aliphatic heterocycles. The minimum absolute atomic E-state index is 0.225. The summed E-state index contributed by atoms with van der Waals surface area (Å²) in [5, 5.41) is 19.9. The SMILES string of the molecule is COC(=O)C(Cc1ccc(O)c(O)c1)NC(=O)C(F)(F)F. The van der Waals surface area contributed by atoms with Gasteiger partial charge in [0.25, 0.3) is 0 Å². The Bertz CT molecular complexity index is 544. The average molecular weight is 307 g/mol. The van der Waals surface area contributed by atoms with Gasteiger partial charge in [-0.25, -0.2) is 4.79 Å². The molecule has 0 radical (unpaired) electrons. The molecule has 0 aromatic heterocycles. The summed E-state index contributed by atoms with van der Waals surface area (Å²) in [6, 6.07) is 1.87. The van der Waals surface area contributed by atoms with Crippen molar-refractivity contribution in [3.8, 4) is 11.5 Å². The Morgan fingerprint density at radius 3 is 2.38 bits per heavy atom. The summed E-state index contributed by atoms with van der Waals surface area (Å²) in [5.41, 5.74) is 0.225. The first-order chi connectivity index (χ1) is 9.65. The third-order valence-electron chi connectivity index (χ3n) is 2.53. The molecule has 0 aliphatic rings. The number of halogens is 3. The van der Waals surface area contributed by atoms with Gasteiger partial charge in [-0.1, -0.05) is 6.07 Å². The van der Waals surface area contributed by atoms with Crippen LogP contribution in [0.15, 0.2) is 18.2 Å². The first-order valence-corrected chi connectivity index (χ1v) is 5.61. The number of esters is 1. The van der Waals surface area contributed by atoms with Crippen LogP contribution in [0.5, 0.6) is 11.5 Å². The highest BCUT2D eigenvalue weighted by Crippen LogP contribution is 2.25. The maximum Gasteiger partial charge on any atom is 0.471 e. The number of amides is 1.